The van der Waals surface area contributed by atoms with E-state index in [-0.39, 0.29) is 5.41 Å². The highest BCUT2D eigenvalue weighted by Gasteiger charge is 2.36. The monoisotopic (exact) mass is 750 g/mol. The quantitative estimate of drug-likeness (QED) is 0.163. The number of aromatic nitrogens is 1. The second kappa shape index (κ2) is 11.8. The largest absolute Gasteiger partial charge is 0.310 e. The van der Waals surface area contributed by atoms with Crippen LogP contribution in [0.25, 0.3) is 92.5 Å². The van der Waals surface area contributed by atoms with Crippen molar-refractivity contribution in [2.75, 3.05) is 4.90 Å². The van der Waals surface area contributed by atoms with E-state index in [4.69, 9.17) is 0 Å². The predicted octanol–water partition coefficient (Wildman–Crippen LogP) is 15.8. The summed E-state index contributed by atoms with van der Waals surface area (Å²) in [4.78, 5) is 2.52. The summed E-state index contributed by atoms with van der Waals surface area (Å²) >= 11 is 0. The molecule has 0 radical (unpaired) electrons. The lowest BCUT2D eigenvalue weighted by molar-refractivity contribution is 0.660. The highest BCUT2D eigenvalue weighted by atomic mass is 15.1. The summed E-state index contributed by atoms with van der Waals surface area (Å²) in [7, 11) is 0. The van der Waals surface area contributed by atoms with Gasteiger partial charge in [0.05, 0.1) is 16.7 Å². The first kappa shape index (κ1) is 32.6. The molecular formula is C57H38N2. The lowest BCUT2D eigenvalue weighted by Gasteiger charge is -2.29. The van der Waals surface area contributed by atoms with Crippen molar-refractivity contribution in [1.29, 1.82) is 0 Å². The number of hydrogen-bond acceptors (Lipinski definition) is 1. The maximum Gasteiger partial charge on any atom is 0.0553 e. The third-order valence-corrected chi connectivity index (χ3v) is 13.4. The first-order chi connectivity index (χ1) is 29.0. The van der Waals surface area contributed by atoms with Gasteiger partial charge in [0, 0.05) is 38.6 Å². The zero-order chi connectivity index (χ0) is 39.0. The highest BCUT2D eigenvalue weighted by Crippen LogP contribution is 2.52. The van der Waals surface area contributed by atoms with Gasteiger partial charge >= 0.3 is 0 Å². The van der Waals surface area contributed by atoms with Gasteiger partial charge in [-0.1, -0.05) is 153 Å². The Morgan fingerprint density at radius 2 is 1.03 bits per heavy atom. The maximum absolute atomic E-state index is 2.52. The molecule has 0 amide bonds. The van der Waals surface area contributed by atoms with Crippen molar-refractivity contribution >= 4 is 92.7 Å². The van der Waals surface area contributed by atoms with Gasteiger partial charge < -0.3 is 9.47 Å². The summed E-state index contributed by atoms with van der Waals surface area (Å²) in [6.07, 6.45) is 0. The van der Waals surface area contributed by atoms with Crippen LogP contribution >= 0.6 is 0 Å². The summed E-state index contributed by atoms with van der Waals surface area (Å²) in [5.41, 5.74) is 12.3. The number of para-hydroxylation sites is 1. The standard InChI is InChI=1S/C57H38N2/c1-57(2)49-22-11-10-20-44(49)45-29-26-41(34-50(45)57)58(52-31-37-13-6-7-18-42(37)43-19-8-9-21-46(43)52)40-27-30-51-48(33-40)56-47-28-25-36-15-12-14-35-23-24-38(55(47)54(35)36)32-53(56)59(51)39-16-4-3-5-17-39/h3-34H,1-2H3. The second-order valence-electron chi connectivity index (χ2n) is 16.9. The third-order valence-electron chi connectivity index (χ3n) is 13.4. The molecular weight excluding hydrogens is 713 g/mol. The molecule has 1 aliphatic rings. The van der Waals surface area contributed by atoms with Crippen molar-refractivity contribution in [3.63, 3.8) is 0 Å². The average molecular weight is 751 g/mol. The van der Waals surface area contributed by atoms with E-state index in [9.17, 15) is 0 Å². The fraction of sp³-hybridized carbons (Fsp3) is 0.0526. The van der Waals surface area contributed by atoms with Crippen molar-refractivity contribution in [3.8, 4) is 16.8 Å². The van der Waals surface area contributed by atoms with Crippen molar-refractivity contribution < 1.29 is 0 Å². The van der Waals surface area contributed by atoms with Crippen LogP contribution in [0.4, 0.5) is 17.1 Å². The second-order valence-corrected chi connectivity index (χ2v) is 16.9. The summed E-state index contributed by atoms with van der Waals surface area (Å²) in [6, 6.07) is 72.6. The Labute approximate surface area is 342 Å². The van der Waals surface area contributed by atoms with Gasteiger partial charge in [0.25, 0.3) is 0 Å². The third kappa shape index (κ3) is 4.46. The Balaban J connectivity index is 1.15. The van der Waals surface area contributed by atoms with Crippen LogP contribution in [0.5, 0.6) is 0 Å². The molecule has 0 N–H and O–H groups in total. The summed E-state index contributed by atoms with van der Waals surface area (Å²) in [6.45, 7) is 4.75. The molecule has 13 rings (SSSR count). The van der Waals surface area contributed by atoms with Gasteiger partial charge in [-0.2, -0.15) is 0 Å². The molecule has 11 aromatic carbocycles. The SMILES string of the molecule is CC1(C)c2ccccc2-c2ccc(N(c3ccc4c(c3)c3c5ccc6cccc7ccc(cc3n4-c3ccccc3)c5c76)c3cc4ccccc4c4ccccc34)cc21. The smallest absolute Gasteiger partial charge is 0.0553 e. The van der Waals surface area contributed by atoms with Gasteiger partial charge in [0.2, 0.25) is 0 Å². The first-order valence-electron chi connectivity index (χ1n) is 20.7. The van der Waals surface area contributed by atoms with Crippen LogP contribution in [0.2, 0.25) is 0 Å². The lowest BCUT2D eigenvalue weighted by atomic mass is 9.82. The molecule has 0 atom stereocenters. The van der Waals surface area contributed by atoms with E-state index in [2.05, 4.69) is 217 Å². The zero-order valence-electron chi connectivity index (χ0n) is 32.9. The van der Waals surface area contributed by atoms with Crippen LogP contribution < -0.4 is 4.90 Å². The summed E-state index contributed by atoms with van der Waals surface area (Å²) in [5, 5.41) is 15.3. The Kier molecular flexibility index (Phi) is 6.54. The van der Waals surface area contributed by atoms with Crippen molar-refractivity contribution in [2.45, 2.75) is 19.3 Å². The molecule has 1 aliphatic carbocycles. The van der Waals surface area contributed by atoms with E-state index in [0.717, 1.165) is 17.1 Å². The molecule has 0 aliphatic heterocycles. The lowest BCUT2D eigenvalue weighted by Crippen LogP contribution is -2.16. The molecule has 0 saturated carbocycles. The summed E-state index contributed by atoms with van der Waals surface area (Å²) in [5.74, 6) is 0. The molecule has 12 aromatic rings. The van der Waals surface area contributed by atoms with Crippen LogP contribution in [0.15, 0.2) is 194 Å². The van der Waals surface area contributed by atoms with E-state index in [1.54, 1.807) is 0 Å². The van der Waals surface area contributed by atoms with E-state index in [1.807, 2.05) is 0 Å². The number of nitrogens with zero attached hydrogens (tertiary/aromatic N) is 2. The Morgan fingerprint density at radius 3 is 1.90 bits per heavy atom. The van der Waals surface area contributed by atoms with Crippen molar-refractivity contribution in [1.82, 2.24) is 4.57 Å². The molecule has 0 spiro atoms. The highest BCUT2D eigenvalue weighted by molar-refractivity contribution is 6.33. The fourth-order valence-electron chi connectivity index (χ4n) is 10.8. The first-order valence-corrected chi connectivity index (χ1v) is 20.7. The topological polar surface area (TPSA) is 8.17 Å². The number of anilines is 3. The van der Waals surface area contributed by atoms with Crippen molar-refractivity contribution in [3.05, 3.63) is 205 Å². The number of benzene rings is 11. The van der Waals surface area contributed by atoms with E-state index < -0.39 is 0 Å². The van der Waals surface area contributed by atoms with Gasteiger partial charge in [-0.3, -0.25) is 0 Å². The molecule has 1 heterocycles. The van der Waals surface area contributed by atoms with E-state index in [0.29, 0.717) is 0 Å². The molecule has 0 unspecified atom stereocenters. The van der Waals surface area contributed by atoms with E-state index in [1.165, 1.54) is 104 Å². The minimum absolute atomic E-state index is 0.135. The molecule has 2 heteroatoms. The Bertz CT molecular complexity index is 3680. The molecule has 0 bridgehead atoms. The van der Waals surface area contributed by atoms with Crippen LogP contribution in [0.1, 0.15) is 25.0 Å². The fourth-order valence-corrected chi connectivity index (χ4v) is 10.8. The number of rotatable bonds is 4. The van der Waals surface area contributed by atoms with Gasteiger partial charge in [0.15, 0.2) is 0 Å². The van der Waals surface area contributed by atoms with Crippen molar-refractivity contribution in [2.24, 2.45) is 0 Å². The number of fused-ring (bicyclic) bond motifs is 10. The molecule has 2 nitrogen and oxygen atoms in total. The normalized spacial score (nSPS) is 13.4. The minimum Gasteiger partial charge on any atom is -0.310 e. The molecule has 276 valence electrons. The van der Waals surface area contributed by atoms with Crippen LogP contribution in [0, 0.1) is 0 Å². The van der Waals surface area contributed by atoms with Crippen LogP contribution in [-0.2, 0) is 5.41 Å². The van der Waals surface area contributed by atoms with Gasteiger partial charge in [-0.05, 0) is 125 Å². The predicted molar refractivity (Wildman–Crippen MR) is 252 cm³/mol. The van der Waals surface area contributed by atoms with E-state index >= 15 is 0 Å². The van der Waals surface area contributed by atoms with Gasteiger partial charge in [0.1, 0.15) is 0 Å². The Morgan fingerprint density at radius 1 is 0.373 bits per heavy atom. The molecule has 0 saturated heterocycles. The summed E-state index contributed by atoms with van der Waals surface area (Å²) < 4.78 is 2.47. The molecule has 0 fully saturated rings. The van der Waals surface area contributed by atoms with Gasteiger partial charge in [-0.15, -0.1) is 0 Å². The average Bonchev–Trinajstić information content (AvgIpc) is 3.73. The minimum atomic E-state index is -0.135. The molecule has 1 aromatic heterocycles. The molecule has 59 heavy (non-hydrogen) atoms. The number of hydrogen-bond donors (Lipinski definition) is 0. The van der Waals surface area contributed by atoms with Gasteiger partial charge in [-0.25, -0.2) is 0 Å². The zero-order valence-corrected chi connectivity index (χ0v) is 32.9. The Hall–Kier alpha value is -7.42. The van der Waals surface area contributed by atoms with Crippen LogP contribution in [0.3, 0.4) is 0 Å². The van der Waals surface area contributed by atoms with Crippen LogP contribution in [-0.4, -0.2) is 4.57 Å². The maximum atomic E-state index is 2.52.